The highest BCUT2D eigenvalue weighted by molar-refractivity contribution is 5.82. The summed E-state index contributed by atoms with van der Waals surface area (Å²) in [7, 11) is 1.67. The van der Waals surface area contributed by atoms with Crippen molar-refractivity contribution in [3.8, 4) is 0 Å². The predicted molar refractivity (Wildman–Crippen MR) is 67.5 cm³/mol. The van der Waals surface area contributed by atoms with E-state index in [0.717, 1.165) is 12.0 Å². The van der Waals surface area contributed by atoms with Crippen LogP contribution in [0.1, 0.15) is 37.8 Å². The van der Waals surface area contributed by atoms with Crippen LogP contribution in [0.5, 0.6) is 0 Å². The first-order chi connectivity index (χ1) is 7.54. The zero-order valence-corrected chi connectivity index (χ0v) is 10.6. The van der Waals surface area contributed by atoms with Gasteiger partial charge in [-0.2, -0.15) is 0 Å². The fourth-order valence-corrected chi connectivity index (χ4v) is 1.78. The first-order valence-electron chi connectivity index (χ1n) is 5.85. The van der Waals surface area contributed by atoms with Crippen LogP contribution in [0.4, 0.5) is 0 Å². The van der Waals surface area contributed by atoms with Crippen molar-refractivity contribution in [1.82, 2.24) is 5.32 Å². The lowest BCUT2D eigenvalue weighted by Gasteiger charge is -2.11. The molecule has 0 saturated heterocycles. The van der Waals surface area contributed by atoms with Gasteiger partial charge in [0, 0.05) is 7.05 Å². The maximum absolute atomic E-state index is 11.5. The lowest BCUT2D eigenvalue weighted by atomic mass is 9.96. The van der Waals surface area contributed by atoms with E-state index in [2.05, 4.69) is 43.4 Å². The predicted octanol–water partition coefficient (Wildman–Crippen LogP) is 2.73. The van der Waals surface area contributed by atoms with E-state index in [0.29, 0.717) is 5.92 Å². The highest BCUT2D eigenvalue weighted by atomic mass is 16.1. The Kier molecular flexibility index (Phi) is 4.53. The Morgan fingerprint density at radius 3 is 2.19 bits per heavy atom. The molecular weight excluding hydrogens is 198 g/mol. The standard InChI is InChI=1S/C14H21NO/c1-10(2)9-12-5-7-13(8-6-12)11(3)14(16)15-4/h5-8,10-11H,9H2,1-4H3,(H,15,16). The van der Waals surface area contributed by atoms with Gasteiger partial charge in [0.1, 0.15) is 0 Å². The van der Waals surface area contributed by atoms with Crippen molar-refractivity contribution in [2.75, 3.05) is 7.05 Å². The summed E-state index contributed by atoms with van der Waals surface area (Å²) < 4.78 is 0. The molecule has 0 aliphatic rings. The molecule has 0 fully saturated rings. The van der Waals surface area contributed by atoms with E-state index in [9.17, 15) is 4.79 Å². The lowest BCUT2D eigenvalue weighted by molar-refractivity contribution is -0.121. The minimum Gasteiger partial charge on any atom is -0.359 e. The third-order valence-electron chi connectivity index (χ3n) is 2.76. The Labute approximate surface area is 98.1 Å². The van der Waals surface area contributed by atoms with Crippen LogP contribution in [0, 0.1) is 5.92 Å². The zero-order chi connectivity index (χ0) is 12.1. The molecule has 0 aromatic heterocycles. The number of carbonyl (C=O) groups is 1. The number of hydrogen-bond donors (Lipinski definition) is 1. The van der Waals surface area contributed by atoms with Gasteiger partial charge in [0.25, 0.3) is 0 Å². The summed E-state index contributed by atoms with van der Waals surface area (Å²) in [4.78, 5) is 11.5. The molecule has 0 spiro atoms. The minimum absolute atomic E-state index is 0.0663. The van der Waals surface area contributed by atoms with Crippen molar-refractivity contribution in [1.29, 1.82) is 0 Å². The van der Waals surface area contributed by atoms with E-state index in [1.807, 2.05) is 6.92 Å². The van der Waals surface area contributed by atoms with E-state index >= 15 is 0 Å². The first-order valence-corrected chi connectivity index (χ1v) is 5.85. The summed E-state index contributed by atoms with van der Waals surface area (Å²) in [5.74, 6) is 0.664. The molecule has 1 N–H and O–H groups in total. The largest absolute Gasteiger partial charge is 0.359 e. The monoisotopic (exact) mass is 219 g/mol. The lowest BCUT2D eigenvalue weighted by Crippen LogP contribution is -2.23. The van der Waals surface area contributed by atoms with Gasteiger partial charge in [-0.15, -0.1) is 0 Å². The van der Waals surface area contributed by atoms with E-state index < -0.39 is 0 Å². The van der Waals surface area contributed by atoms with Gasteiger partial charge in [-0.1, -0.05) is 38.1 Å². The first kappa shape index (κ1) is 12.8. The zero-order valence-electron chi connectivity index (χ0n) is 10.6. The van der Waals surface area contributed by atoms with Gasteiger partial charge in [0.2, 0.25) is 5.91 Å². The van der Waals surface area contributed by atoms with Crippen LogP contribution < -0.4 is 5.32 Å². The van der Waals surface area contributed by atoms with Crippen LogP contribution in [0.3, 0.4) is 0 Å². The Morgan fingerprint density at radius 2 is 1.75 bits per heavy atom. The highest BCUT2D eigenvalue weighted by Gasteiger charge is 2.12. The molecule has 1 amide bonds. The van der Waals surface area contributed by atoms with Gasteiger partial charge in [0.15, 0.2) is 0 Å². The Bertz CT molecular complexity index is 340. The summed E-state index contributed by atoms with van der Waals surface area (Å²) >= 11 is 0. The summed E-state index contributed by atoms with van der Waals surface area (Å²) in [6, 6.07) is 8.35. The average molecular weight is 219 g/mol. The average Bonchev–Trinajstić information content (AvgIpc) is 2.27. The van der Waals surface area contributed by atoms with E-state index in [4.69, 9.17) is 0 Å². The third kappa shape index (κ3) is 3.37. The Hall–Kier alpha value is -1.31. The number of hydrogen-bond acceptors (Lipinski definition) is 1. The molecule has 1 aromatic carbocycles. The second kappa shape index (κ2) is 5.69. The number of rotatable bonds is 4. The Morgan fingerprint density at radius 1 is 1.19 bits per heavy atom. The van der Waals surface area contributed by atoms with E-state index in [1.165, 1.54) is 5.56 Å². The van der Waals surface area contributed by atoms with Crippen LogP contribution in [-0.4, -0.2) is 13.0 Å². The fraction of sp³-hybridized carbons (Fsp3) is 0.500. The maximum atomic E-state index is 11.5. The molecule has 0 bridgehead atoms. The van der Waals surface area contributed by atoms with Crippen LogP contribution in [0.15, 0.2) is 24.3 Å². The van der Waals surface area contributed by atoms with Crippen LogP contribution in [-0.2, 0) is 11.2 Å². The number of benzene rings is 1. The van der Waals surface area contributed by atoms with Gasteiger partial charge in [-0.05, 0) is 30.4 Å². The Balaban J connectivity index is 2.74. The smallest absolute Gasteiger partial charge is 0.227 e. The fourth-order valence-electron chi connectivity index (χ4n) is 1.78. The van der Waals surface area contributed by atoms with Crippen molar-refractivity contribution in [3.05, 3.63) is 35.4 Å². The quantitative estimate of drug-likeness (QED) is 0.829. The summed E-state index contributed by atoms with van der Waals surface area (Å²) in [5, 5.41) is 2.67. The molecule has 1 atom stereocenters. The van der Waals surface area contributed by atoms with Crippen LogP contribution in [0.25, 0.3) is 0 Å². The molecule has 2 nitrogen and oxygen atoms in total. The van der Waals surface area contributed by atoms with Gasteiger partial charge in [0.05, 0.1) is 5.92 Å². The van der Waals surface area contributed by atoms with Gasteiger partial charge >= 0.3 is 0 Å². The second-order valence-corrected chi connectivity index (χ2v) is 4.68. The second-order valence-electron chi connectivity index (χ2n) is 4.68. The number of carbonyl (C=O) groups excluding carboxylic acids is 1. The molecule has 1 aromatic rings. The third-order valence-corrected chi connectivity index (χ3v) is 2.76. The highest BCUT2D eigenvalue weighted by Crippen LogP contribution is 2.17. The number of amides is 1. The number of likely N-dealkylation sites (N-methyl/N-ethyl adjacent to an activating group) is 1. The minimum atomic E-state index is -0.0712. The molecule has 2 heteroatoms. The summed E-state index contributed by atoms with van der Waals surface area (Å²) in [6.07, 6.45) is 1.09. The molecule has 88 valence electrons. The number of nitrogens with one attached hydrogen (secondary N) is 1. The molecule has 16 heavy (non-hydrogen) atoms. The van der Waals surface area contributed by atoms with Gasteiger partial charge in [-0.25, -0.2) is 0 Å². The molecule has 0 aliphatic heterocycles. The molecule has 0 aliphatic carbocycles. The molecule has 0 saturated carbocycles. The van der Waals surface area contributed by atoms with E-state index in [-0.39, 0.29) is 11.8 Å². The van der Waals surface area contributed by atoms with Gasteiger partial charge in [-0.3, -0.25) is 4.79 Å². The van der Waals surface area contributed by atoms with Crippen molar-refractivity contribution >= 4 is 5.91 Å². The summed E-state index contributed by atoms with van der Waals surface area (Å²) in [5.41, 5.74) is 2.41. The molecular formula is C14H21NO. The van der Waals surface area contributed by atoms with Crippen molar-refractivity contribution < 1.29 is 4.79 Å². The molecule has 1 unspecified atom stereocenters. The van der Waals surface area contributed by atoms with Crippen molar-refractivity contribution in [2.24, 2.45) is 5.92 Å². The van der Waals surface area contributed by atoms with Gasteiger partial charge < -0.3 is 5.32 Å². The van der Waals surface area contributed by atoms with Crippen LogP contribution >= 0.6 is 0 Å². The molecule has 0 radical (unpaired) electrons. The maximum Gasteiger partial charge on any atom is 0.227 e. The molecule has 1 rings (SSSR count). The molecule has 0 heterocycles. The van der Waals surface area contributed by atoms with Crippen LogP contribution in [0.2, 0.25) is 0 Å². The van der Waals surface area contributed by atoms with Crippen molar-refractivity contribution in [2.45, 2.75) is 33.1 Å². The normalized spacial score (nSPS) is 12.6. The van der Waals surface area contributed by atoms with E-state index in [1.54, 1.807) is 7.05 Å². The summed E-state index contributed by atoms with van der Waals surface area (Å²) in [6.45, 7) is 6.35. The van der Waals surface area contributed by atoms with Crippen molar-refractivity contribution in [3.63, 3.8) is 0 Å². The SMILES string of the molecule is CNC(=O)C(C)c1ccc(CC(C)C)cc1. The topological polar surface area (TPSA) is 29.1 Å².